The number of nitrogens with two attached hydrogens (primary N) is 1. The third kappa shape index (κ3) is 3.55. The van der Waals surface area contributed by atoms with E-state index < -0.39 is 11.0 Å². The fourth-order valence-electron chi connectivity index (χ4n) is 5.13. The Morgan fingerprint density at radius 3 is 2.73 bits per heavy atom. The van der Waals surface area contributed by atoms with E-state index in [1.54, 1.807) is 12.1 Å². The molecule has 3 atom stereocenters. The lowest BCUT2D eigenvalue weighted by Crippen LogP contribution is -2.08. The number of hydrogen-bond donors (Lipinski definition) is 2. The molecule has 8 heteroatoms. The topological polar surface area (TPSA) is 98.7 Å². The first kappa shape index (κ1) is 20.3. The molecule has 1 aromatic carbocycles. The van der Waals surface area contributed by atoms with Crippen LogP contribution < -0.4 is 10.5 Å². The van der Waals surface area contributed by atoms with E-state index in [1.807, 2.05) is 49.5 Å². The number of nitrogens with one attached hydrogen (secondary N) is 1. The van der Waals surface area contributed by atoms with Crippen LogP contribution in [0.25, 0.3) is 22.6 Å². The van der Waals surface area contributed by atoms with E-state index in [2.05, 4.69) is 20.9 Å². The lowest BCUT2D eigenvalue weighted by atomic mass is 10.1. The SMILES string of the molecule is Cc1cccc(-c2nc3n(c2-c2ccnc(Nc4ccc(S(N)=O)cc4)c2)C2CCC3C2)n1. The van der Waals surface area contributed by atoms with Gasteiger partial charge < -0.3 is 9.88 Å². The van der Waals surface area contributed by atoms with Gasteiger partial charge in [0.1, 0.15) is 28.3 Å². The molecule has 7 nitrogen and oxygen atoms in total. The number of imidazole rings is 1. The standard InChI is InChI=1S/C25H24N6OS/c1-15-3-2-4-21(28-15)23-24(31-19-8-5-17(13-19)25(31)30-23)16-11-12-27-22(14-16)29-18-6-9-20(10-7-18)33(26)32/h2-4,6-7,9-12,14,17,19H,5,8,13,26H2,1H3,(H,27,29). The number of anilines is 2. The van der Waals surface area contributed by atoms with Crippen molar-refractivity contribution in [2.45, 2.75) is 43.0 Å². The van der Waals surface area contributed by atoms with Gasteiger partial charge >= 0.3 is 0 Å². The number of rotatable bonds is 5. The van der Waals surface area contributed by atoms with Gasteiger partial charge in [-0.15, -0.1) is 0 Å². The number of aryl methyl sites for hydroxylation is 1. The molecule has 0 saturated heterocycles. The number of benzene rings is 1. The first-order valence-corrected chi connectivity index (χ1v) is 12.3. The van der Waals surface area contributed by atoms with Crippen LogP contribution in [0.2, 0.25) is 0 Å². The summed E-state index contributed by atoms with van der Waals surface area (Å²) in [4.78, 5) is 15.0. The van der Waals surface area contributed by atoms with Gasteiger partial charge in [-0.1, -0.05) is 6.07 Å². The van der Waals surface area contributed by atoms with Crippen LogP contribution in [-0.2, 0) is 11.0 Å². The highest BCUT2D eigenvalue weighted by atomic mass is 32.2. The number of fused-ring (bicyclic) bond motifs is 5. The van der Waals surface area contributed by atoms with Crippen LogP contribution in [-0.4, -0.2) is 23.7 Å². The van der Waals surface area contributed by atoms with Crippen molar-refractivity contribution in [2.75, 3.05) is 5.32 Å². The summed E-state index contributed by atoms with van der Waals surface area (Å²) in [7, 11) is -1.49. The van der Waals surface area contributed by atoms with Crippen molar-refractivity contribution in [3.05, 3.63) is 72.3 Å². The molecular formula is C25H24N6OS. The molecule has 2 bridgehead atoms. The summed E-state index contributed by atoms with van der Waals surface area (Å²) in [5.41, 5.74) is 5.87. The summed E-state index contributed by atoms with van der Waals surface area (Å²) in [5, 5.41) is 8.80. The predicted octanol–water partition coefficient (Wildman–Crippen LogP) is 4.86. The Bertz CT molecular complexity index is 1380. The summed E-state index contributed by atoms with van der Waals surface area (Å²) >= 11 is 0. The van der Waals surface area contributed by atoms with Gasteiger partial charge in [-0.3, -0.25) is 4.98 Å². The molecule has 0 amide bonds. The van der Waals surface area contributed by atoms with Crippen LogP contribution >= 0.6 is 0 Å². The Labute approximate surface area is 194 Å². The minimum atomic E-state index is -1.49. The second-order valence-corrected chi connectivity index (χ2v) is 9.81. The Morgan fingerprint density at radius 2 is 1.94 bits per heavy atom. The van der Waals surface area contributed by atoms with Crippen molar-refractivity contribution in [1.29, 1.82) is 0 Å². The lowest BCUT2D eigenvalue weighted by Gasteiger charge is -2.18. The average Bonchev–Trinajstić information content (AvgIpc) is 3.52. The molecule has 1 saturated carbocycles. The van der Waals surface area contributed by atoms with E-state index in [0.29, 0.717) is 16.9 Å². The highest BCUT2D eigenvalue weighted by molar-refractivity contribution is 7.82. The van der Waals surface area contributed by atoms with Crippen molar-refractivity contribution in [2.24, 2.45) is 5.14 Å². The molecule has 4 heterocycles. The number of aromatic nitrogens is 4. The molecule has 0 spiro atoms. The zero-order chi connectivity index (χ0) is 22.5. The Morgan fingerprint density at radius 1 is 1.09 bits per heavy atom. The van der Waals surface area contributed by atoms with E-state index in [1.165, 1.54) is 25.1 Å². The van der Waals surface area contributed by atoms with Crippen LogP contribution in [0, 0.1) is 6.92 Å². The number of pyridine rings is 2. The molecule has 6 rings (SSSR count). The average molecular weight is 457 g/mol. The van der Waals surface area contributed by atoms with Crippen LogP contribution in [0.15, 0.2) is 65.7 Å². The third-order valence-corrected chi connectivity index (χ3v) is 7.33. The highest BCUT2D eigenvalue weighted by Crippen LogP contribution is 2.52. The maximum Gasteiger partial charge on any atom is 0.130 e. The molecule has 1 fully saturated rings. The predicted molar refractivity (Wildman–Crippen MR) is 129 cm³/mol. The van der Waals surface area contributed by atoms with Crippen molar-refractivity contribution in [3.63, 3.8) is 0 Å². The Kier molecular flexibility index (Phi) is 4.85. The van der Waals surface area contributed by atoms with Gasteiger partial charge in [0.15, 0.2) is 0 Å². The Hall–Kier alpha value is -3.36. The van der Waals surface area contributed by atoms with Gasteiger partial charge in [-0.25, -0.2) is 19.3 Å². The van der Waals surface area contributed by atoms with Crippen molar-refractivity contribution in [1.82, 2.24) is 19.5 Å². The first-order valence-electron chi connectivity index (χ1n) is 11.1. The van der Waals surface area contributed by atoms with Crippen molar-refractivity contribution in [3.8, 4) is 22.6 Å². The van der Waals surface area contributed by atoms with Gasteiger partial charge in [-0.2, -0.15) is 0 Å². The van der Waals surface area contributed by atoms with Gasteiger partial charge in [-0.05, 0) is 74.7 Å². The van der Waals surface area contributed by atoms with E-state index in [0.717, 1.165) is 39.8 Å². The minimum Gasteiger partial charge on any atom is -0.340 e. The first-order chi connectivity index (χ1) is 16.1. The maximum atomic E-state index is 11.5. The van der Waals surface area contributed by atoms with Crippen LogP contribution in [0.4, 0.5) is 11.5 Å². The second-order valence-electron chi connectivity index (χ2n) is 8.74. The van der Waals surface area contributed by atoms with Gasteiger partial charge in [0.2, 0.25) is 0 Å². The number of hydrogen-bond acceptors (Lipinski definition) is 5. The molecule has 1 aliphatic heterocycles. The quantitative estimate of drug-likeness (QED) is 0.447. The third-order valence-electron chi connectivity index (χ3n) is 6.60. The van der Waals surface area contributed by atoms with Crippen LogP contribution in [0.5, 0.6) is 0 Å². The fraction of sp³-hybridized carbons (Fsp3) is 0.240. The number of nitrogens with zero attached hydrogens (tertiary/aromatic N) is 4. The van der Waals surface area contributed by atoms with E-state index in [4.69, 9.17) is 15.1 Å². The van der Waals surface area contributed by atoms with Crippen molar-refractivity contribution >= 4 is 22.5 Å². The zero-order valence-corrected chi connectivity index (χ0v) is 19.0. The van der Waals surface area contributed by atoms with Gasteiger partial charge in [0, 0.05) is 35.1 Å². The lowest BCUT2D eigenvalue weighted by molar-refractivity contribution is 0.530. The molecule has 2 aliphatic rings. The van der Waals surface area contributed by atoms with Crippen LogP contribution in [0.1, 0.15) is 42.7 Å². The van der Waals surface area contributed by atoms with Crippen molar-refractivity contribution < 1.29 is 4.21 Å². The van der Waals surface area contributed by atoms with E-state index >= 15 is 0 Å². The largest absolute Gasteiger partial charge is 0.340 e. The monoisotopic (exact) mass is 456 g/mol. The van der Waals surface area contributed by atoms with Crippen LogP contribution in [0.3, 0.4) is 0 Å². The Balaban J connectivity index is 1.42. The minimum absolute atomic E-state index is 0.500. The summed E-state index contributed by atoms with van der Waals surface area (Å²) in [6.07, 6.45) is 5.42. The summed E-state index contributed by atoms with van der Waals surface area (Å²) in [6.45, 7) is 2.01. The molecule has 3 aromatic heterocycles. The highest BCUT2D eigenvalue weighted by Gasteiger charge is 2.41. The summed E-state index contributed by atoms with van der Waals surface area (Å²) in [6, 6.07) is 17.9. The van der Waals surface area contributed by atoms with Gasteiger partial charge in [0.25, 0.3) is 0 Å². The van der Waals surface area contributed by atoms with E-state index in [-0.39, 0.29) is 0 Å². The summed E-state index contributed by atoms with van der Waals surface area (Å²) in [5.74, 6) is 2.46. The fourth-order valence-corrected chi connectivity index (χ4v) is 5.53. The van der Waals surface area contributed by atoms with Gasteiger partial charge in [0.05, 0.1) is 16.3 Å². The second kappa shape index (κ2) is 7.90. The summed E-state index contributed by atoms with van der Waals surface area (Å²) < 4.78 is 13.9. The zero-order valence-electron chi connectivity index (χ0n) is 18.2. The van der Waals surface area contributed by atoms with E-state index in [9.17, 15) is 4.21 Å². The molecule has 3 N–H and O–H groups in total. The molecule has 166 valence electrons. The smallest absolute Gasteiger partial charge is 0.130 e. The molecule has 0 radical (unpaired) electrons. The molecule has 1 aliphatic carbocycles. The molecule has 33 heavy (non-hydrogen) atoms. The normalized spacial score (nSPS) is 19.5. The maximum absolute atomic E-state index is 11.5. The molecule has 3 unspecified atom stereocenters. The molecule has 4 aromatic rings. The molecular weight excluding hydrogens is 432 g/mol.